The lowest BCUT2D eigenvalue weighted by Crippen LogP contribution is -2.25. The highest BCUT2D eigenvalue weighted by Gasteiger charge is 2.29. The molecule has 1 fully saturated rings. The first-order valence-electron chi connectivity index (χ1n) is 9.91. The first kappa shape index (κ1) is 19.3. The molecule has 1 N–H and O–H groups in total. The predicted molar refractivity (Wildman–Crippen MR) is 110 cm³/mol. The van der Waals surface area contributed by atoms with Crippen LogP contribution in [0.5, 0.6) is 5.75 Å². The van der Waals surface area contributed by atoms with Gasteiger partial charge in [-0.05, 0) is 30.7 Å². The van der Waals surface area contributed by atoms with E-state index in [2.05, 4.69) is 32.3 Å². The number of carbonyl (C=O) groups is 1. The van der Waals surface area contributed by atoms with Crippen LogP contribution in [0.4, 0.5) is 0 Å². The Morgan fingerprint density at radius 2 is 2.17 bits per heavy atom. The number of likely N-dealkylation sites (tertiary alicyclic amines) is 1. The van der Waals surface area contributed by atoms with E-state index in [1.54, 1.807) is 19.5 Å². The largest absolute Gasteiger partial charge is 0.497 e. The Morgan fingerprint density at radius 3 is 3.00 bits per heavy atom. The summed E-state index contributed by atoms with van der Waals surface area (Å²) in [5.41, 5.74) is 3.89. The Labute approximate surface area is 169 Å². The number of benzene rings is 1. The molecule has 0 bridgehead atoms. The van der Waals surface area contributed by atoms with Gasteiger partial charge >= 0.3 is 0 Å². The zero-order valence-corrected chi connectivity index (χ0v) is 16.8. The van der Waals surface area contributed by atoms with Crippen molar-refractivity contribution in [2.45, 2.75) is 32.4 Å². The van der Waals surface area contributed by atoms with E-state index in [0.29, 0.717) is 19.0 Å². The summed E-state index contributed by atoms with van der Waals surface area (Å²) in [6.07, 6.45) is 4.44. The number of carbonyl (C=O) groups excluding carboxylic acids is 1. The molecule has 8 heteroatoms. The van der Waals surface area contributed by atoms with Gasteiger partial charge in [0.1, 0.15) is 11.3 Å². The van der Waals surface area contributed by atoms with Crippen molar-refractivity contribution in [1.82, 2.24) is 30.0 Å². The number of ether oxygens (including phenoxy) is 1. The second kappa shape index (κ2) is 8.57. The summed E-state index contributed by atoms with van der Waals surface area (Å²) in [6.45, 7) is 5.46. The van der Waals surface area contributed by atoms with Crippen molar-refractivity contribution >= 4 is 17.1 Å². The molecule has 0 unspecified atom stereocenters. The number of amides is 1. The van der Waals surface area contributed by atoms with Gasteiger partial charge in [-0.25, -0.2) is 14.6 Å². The Hall–Kier alpha value is -3.00. The van der Waals surface area contributed by atoms with Gasteiger partial charge in [-0.1, -0.05) is 12.1 Å². The minimum absolute atomic E-state index is 0.0447. The van der Waals surface area contributed by atoms with E-state index < -0.39 is 0 Å². The first-order valence-corrected chi connectivity index (χ1v) is 9.91. The fourth-order valence-electron chi connectivity index (χ4n) is 3.92. The Morgan fingerprint density at radius 1 is 1.31 bits per heavy atom. The third-order valence-electron chi connectivity index (χ3n) is 5.29. The molecule has 8 nitrogen and oxygen atoms in total. The van der Waals surface area contributed by atoms with Crippen LogP contribution in [0.1, 0.15) is 30.5 Å². The van der Waals surface area contributed by atoms with Gasteiger partial charge in [0.15, 0.2) is 5.65 Å². The van der Waals surface area contributed by atoms with Crippen molar-refractivity contribution in [1.29, 1.82) is 0 Å². The molecule has 1 aliphatic heterocycles. The number of hydrogen-bond donors (Lipinski definition) is 1. The van der Waals surface area contributed by atoms with Gasteiger partial charge in [-0.2, -0.15) is 5.10 Å². The average Bonchev–Trinajstić information content (AvgIpc) is 3.33. The Balaban J connectivity index is 1.49. The molecule has 1 aliphatic rings. The SMILES string of the molecule is COc1cccc(CN2CC[C@H](c3nn(CCNC(C)=O)c4nccnc34)C2)c1. The number of nitrogens with one attached hydrogen (secondary N) is 1. The Kier molecular flexibility index (Phi) is 5.71. The van der Waals surface area contributed by atoms with Gasteiger partial charge in [-0.3, -0.25) is 9.69 Å². The van der Waals surface area contributed by atoms with Crippen molar-refractivity contribution in [3.05, 3.63) is 47.9 Å². The third-order valence-corrected chi connectivity index (χ3v) is 5.29. The Bertz CT molecular complexity index is 1000. The van der Waals surface area contributed by atoms with E-state index in [1.807, 2.05) is 16.8 Å². The van der Waals surface area contributed by atoms with Gasteiger partial charge in [0.25, 0.3) is 0 Å². The minimum Gasteiger partial charge on any atom is -0.497 e. The molecule has 0 radical (unpaired) electrons. The number of fused-ring (bicyclic) bond motifs is 1. The van der Waals surface area contributed by atoms with Crippen molar-refractivity contribution < 1.29 is 9.53 Å². The molecular weight excluding hydrogens is 368 g/mol. The van der Waals surface area contributed by atoms with E-state index in [4.69, 9.17) is 9.84 Å². The molecule has 3 aromatic rings. The van der Waals surface area contributed by atoms with Crippen LogP contribution in [-0.4, -0.2) is 57.3 Å². The summed E-state index contributed by atoms with van der Waals surface area (Å²) in [5, 5.41) is 7.65. The number of rotatable bonds is 7. The highest BCUT2D eigenvalue weighted by Crippen LogP contribution is 2.31. The number of hydrogen-bond acceptors (Lipinski definition) is 6. The second-order valence-corrected chi connectivity index (χ2v) is 7.39. The van der Waals surface area contributed by atoms with E-state index in [0.717, 1.165) is 48.7 Å². The van der Waals surface area contributed by atoms with E-state index in [9.17, 15) is 4.79 Å². The zero-order valence-electron chi connectivity index (χ0n) is 16.8. The van der Waals surface area contributed by atoms with Crippen molar-refractivity contribution in [3.63, 3.8) is 0 Å². The molecule has 1 amide bonds. The van der Waals surface area contributed by atoms with Crippen molar-refractivity contribution in [3.8, 4) is 5.75 Å². The van der Waals surface area contributed by atoms with Crippen LogP contribution in [0.3, 0.4) is 0 Å². The van der Waals surface area contributed by atoms with E-state index in [1.165, 1.54) is 12.5 Å². The van der Waals surface area contributed by atoms with Crippen LogP contribution >= 0.6 is 0 Å². The van der Waals surface area contributed by atoms with E-state index >= 15 is 0 Å². The minimum atomic E-state index is -0.0447. The average molecular weight is 394 g/mol. The maximum Gasteiger partial charge on any atom is 0.216 e. The van der Waals surface area contributed by atoms with Crippen LogP contribution in [0.15, 0.2) is 36.7 Å². The summed E-state index contributed by atoms with van der Waals surface area (Å²) in [4.78, 5) is 22.6. The maximum absolute atomic E-state index is 11.2. The first-order chi connectivity index (χ1) is 14.1. The molecule has 3 heterocycles. The topological polar surface area (TPSA) is 85.2 Å². The second-order valence-electron chi connectivity index (χ2n) is 7.39. The van der Waals surface area contributed by atoms with E-state index in [-0.39, 0.29) is 5.91 Å². The molecule has 1 saturated heterocycles. The lowest BCUT2D eigenvalue weighted by atomic mass is 10.0. The zero-order chi connectivity index (χ0) is 20.2. The number of methoxy groups -OCH3 is 1. The smallest absolute Gasteiger partial charge is 0.216 e. The third kappa shape index (κ3) is 4.37. The molecule has 1 aromatic carbocycles. The molecule has 2 aromatic heterocycles. The molecule has 1 atom stereocenters. The highest BCUT2D eigenvalue weighted by atomic mass is 16.5. The molecule has 152 valence electrons. The molecular formula is C21H26N6O2. The normalized spacial score (nSPS) is 17.0. The lowest BCUT2D eigenvalue weighted by Gasteiger charge is -2.16. The highest BCUT2D eigenvalue weighted by molar-refractivity contribution is 5.74. The van der Waals surface area contributed by atoms with Crippen LogP contribution < -0.4 is 10.1 Å². The lowest BCUT2D eigenvalue weighted by molar-refractivity contribution is -0.118. The van der Waals surface area contributed by atoms with Crippen LogP contribution in [-0.2, 0) is 17.9 Å². The number of nitrogens with zero attached hydrogens (tertiary/aromatic N) is 5. The fourth-order valence-corrected chi connectivity index (χ4v) is 3.92. The van der Waals surface area contributed by atoms with Gasteiger partial charge in [0.05, 0.1) is 19.3 Å². The molecule has 0 aliphatic carbocycles. The van der Waals surface area contributed by atoms with Crippen molar-refractivity contribution in [2.24, 2.45) is 0 Å². The van der Waals surface area contributed by atoms with Gasteiger partial charge in [0.2, 0.25) is 5.91 Å². The van der Waals surface area contributed by atoms with Crippen molar-refractivity contribution in [2.75, 3.05) is 26.7 Å². The van der Waals surface area contributed by atoms with Crippen LogP contribution in [0, 0.1) is 0 Å². The van der Waals surface area contributed by atoms with Crippen LogP contribution in [0.25, 0.3) is 11.2 Å². The summed E-state index contributed by atoms with van der Waals surface area (Å²) >= 11 is 0. The van der Waals surface area contributed by atoms with Gasteiger partial charge in [-0.15, -0.1) is 0 Å². The molecule has 0 saturated carbocycles. The standard InChI is InChI=1S/C21H26N6O2/c1-15(28)22-9-11-27-21-20(23-7-8-24-21)19(25-27)17-6-10-26(14-17)13-16-4-3-5-18(12-16)29-2/h3-5,7-8,12,17H,6,9-11,13-14H2,1-2H3,(H,22,28)/t17-/m0/s1. The summed E-state index contributed by atoms with van der Waals surface area (Å²) < 4.78 is 7.19. The fraction of sp³-hybridized carbons (Fsp3) is 0.429. The summed E-state index contributed by atoms with van der Waals surface area (Å²) in [7, 11) is 1.69. The maximum atomic E-state index is 11.2. The predicted octanol–water partition coefficient (Wildman–Crippen LogP) is 1.96. The monoisotopic (exact) mass is 394 g/mol. The van der Waals surface area contributed by atoms with Gasteiger partial charge < -0.3 is 10.1 Å². The summed E-state index contributed by atoms with van der Waals surface area (Å²) in [5.74, 6) is 1.16. The molecule has 0 spiro atoms. The molecule has 4 rings (SSSR count). The van der Waals surface area contributed by atoms with Gasteiger partial charge in [0, 0.05) is 44.9 Å². The number of aromatic nitrogens is 4. The molecule has 29 heavy (non-hydrogen) atoms. The van der Waals surface area contributed by atoms with Crippen LogP contribution in [0.2, 0.25) is 0 Å². The summed E-state index contributed by atoms with van der Waals surface area (Å²) in [6, 6.07) is 8.22. The quantitative estimate of drug-likeness (QED) is 0.659.